The minimum absolute atomic E-state index is 0. The van der Waals surface area contributed by atoms with Gasteiger partial charge in [0, 0.05) is 0 Å². The van der Waals surface area contributed by atoms with Gasteiger partial charge in [0.15, 0.2) is 0 Å². The second kappa shape index (κ2) is 4.51. The molecule has 1 atom stereocenters. The molecule has 1 aromatic rings. The first-order valence-corrected chi connectivity index (χ1v) is 5.69. The van der Waals surface area contributed by atoms with Crippen molar-refractivity contribution in [2.24, 2.45) is 0 Å². The zero-order valence-corrected chi connectivity index (χ0v) is 9.54. The Morgan fingerprint density at radius 1 is 1.50 bits per heavy atom. The molecule has 0 spiro atoms. The van der Waals surface area contributed by atoms with Gasteiger partial charge in [0.1, 0.15) is 0 Å². The molecule has 2 heteroatoms. The van der Waals surface area contributed by atoms with Crippen LogP contribution in [0.5, 0.6) is 0 Å². The normalized spacial score (nSPS) is 12.1. The summed E-state index contributed by atoms with van der Waals surface area (Å²) >= 11 is 1.84. The van der Waals surface area contributed by atoms with Crippen molar-refractivity contribution < 1.29 is 1.43 Å². The molecule has 0 amide bonds. The first kappa shape index (κ1) is 9.59. The first-order valence-electron chi connectivity index (χ1n) is 3.89. The molecular formula is C10H12NTe+. The number of hydrogen-bond acceptors (Lipinski definition) is 1. The fraction of sp³-hybridized carbons (Fsp3) is 0.300. The summed E-state index contributed by atoms with van der Waals surface area (Å²) in [4.78, 5) is 0. The summed E-state index contributed by atoms with van der Waals surface area (Å²) in [5.74, 6) is 0.617. The summed E-state index contributed by atoms with van der Waals surface area (Å²) in [5.41, 5.74) is 2.07. The van der Waals surface area contributed by atoms with Crippen molar-refractivity contribution in [2.75, 3.05) is 0 Å². The average molecular weight is 274 g/mol. The van der Waals surface area contributed by atoms with E-state index in [-0.39, 0.29) is 1.43 Å². The van der Waals surface area contributed by atoms with E-state index in [0.29, 0.717) is 5.92 Å². The van der Waals surface area contributed by atoms with E-state index in [1.165, 1.54) is 10.0 Å². The molecule has 1 nitrogen and oxygen atoms in total. The Kier molecular flexibility index (Phi) is 3.60. The van der Waals surface area contributed by atoms with Crippen LogP contribution < -0.4 is 0 Å². The summed E-state index contributed by atoms with van der Waals surface area (Å²) in [6, 6.07) is 9.96. The number of benzene rings is 1. The topological polar surface area (TPSA) is 23.8 Å². The monoisotopic (exact) mass is 276 g/mol. The summed E-state index contributed by atoms with van der Waals surface area (Å²) < 4.78 is 1.19. The van der Waals surface area contributed by atoms with Gasteiger partial charge in [-0.25, -0.2) is 0 Å². The third-order valence-electron chi connectivity index (χ3n) is 1.88. The van der Waals surface area contributed by atoms with Gasteiger partial charge in [0.05, 0.1) is 0 Å². The van der Waals surface area contributed by atoms with E-state index in [9.17, 15) is 0 Å². The van der Waals surface area contributed by atoms with Crippen LogP contribution in [0.15, 0.2) is 24.3 Å². The van der Waals surface area contributed by atoms with Gasteiger partial charge >= 0.3 is 87.8 Å². The van der Waals surface area contributed by atoms with Crippen molar-refractivity contribution >= 4 is 22.3 Å². The Balaban J connectivity index is 0.00000144. The molecule has 62 valence electrons. The largest absolute Gasteiger partial charge is 1.00 e. The SMILES string of the molecule is CC(C[TeH])c1ccc(C#N)cc1.[H+]. The molecule has 1 rings (SSSR count). The van der Waals surface area contributed by atoms with E-state index in [4.69, 9.17) is 5.26 Å². The molecular weight excluding hydrogens is 262 g/mol. The van der Waals surface area contributed by atoms with Gasteiger partial charge < -0.3 is 0 Å². The molecule has 0 saturated heterocycles. The molecule has 0 aliphatic carbocycles. The van der Waals surface area contributed by atoms with Crippen LogP contribution in [0, 0.1) is 11.3 Å². The van der Waals surface area contributed by atoms with Crippen LogP contribution in [0.25, 0.3) is 0 Å². The summed E-state index contributed by atoms with van der Waals surface area (Å²) in [7, 11) is 0. The molecule has 0 aliphatic rings. The van der Waals surface area contributed by atoms with E-state index in [1.807, 2.05) is 46.6 Å². The molecule has 0 bridgehead atoms. The molecule has 0 fully saturated rings. The predicted octanol–water partition coefficient (Wildman–Crippen LogP) is 2.09. The molecule has 0 aromatic heterocycles. The molecule has 0 saturated carbocycles. The Bertz CT molecular complexity index is 289. The van der Waals surface area contributed by atoms with Crippen LogP contribution in [0.3, 0.4) is 0 Å². The molecule has 0 aliphatic heterocycles. The quantitative estimate of drug-likeness (QED) is 0.757. The van der Waals surface area contributed by atoms with Gasteiger partial charge in [0.25, 0.3) is 0 Å². The second-order valence-electron chi connectivity index (χ2n) is 2.82. The van der Waals surface area contributed by atoms with Crippen molar-refractivity contribution in [3.8, 4) is 6.07 Å². The maximum atomic E-state index is 8.58. The van der Waals surface area contributed by atoms with Gasteiger partial charge in [-0.15, -0.1) is 0 Å². The van der Waals surface area contributed by atoms with E-state index < -0.39 is 0 Å². The zero-order valence-electron chi connectivity index (χ0n) is 7.99. The minimum atomic E-state index is 0. The van der Waals surface area contributed by atoms with Gasteiger partial charge in [-0.2, -0.15) is 0 Å². The molecule has 12 heavy (non-hydrogen) atoms. The second-order valence-corrected chi connectivity index (χ2v) is 3.86. The predicted molar refractivity (Wildman–Crippen MR) is 52.6 cm³/mol. The Hall–Kier alpha value is -0.500. The maximum Gasteiger partial charge on any atom is 1.00 e. The van der Waals surface area contributed by atoms with E-state index >= 15 is 0 Å². The fourth-order valence-corrected chi connectivity index (χ4v) is 1.59. The number of rotatable bonds is 2. The first-order chi connectivity index (χ1) is 5.77. The number of hydrogen-bond donors (Lipinski definition) is 0. The average Bonchev–Trinajstić information content (AvgIpc) is 2.17. The summed E-state index contributed by atoms with van der Waals surface area (Å²) in [6.07, 6.45) is 0. The molecule has 1 unspecified atom stereocenters. The Morgan fingerprint density at radius 2 is 2.08 bits per heavy atom. The third-order valence-corrected chi connectivity index (χ3v) is 3.45. The van der Waals surface area contributed by atoms with Crippen LogP contribution in [-0.4, -0.2) is 22.3 Å². The zero-order chi connectivity index (χ0) is 8.97. The van der Waals surface area contributed by atoms with Crippen molar-refractivity contribution in [2.45, 2.75) is 17.3 Å². The van der Waals surface area contributed by atoms with Crippen molar-refractivity contribution in [1.29, 1.82) is 5.26 Å². The van der Waals surface area contributed by atoms with Crippen LogP contribution in [0.1, 0.15) is 25.4 Å². The van der Waals surface area contributed by atoms with Crippen molar-refractivity contribution in [3.05, 3.63) is 35.4 Å². The van der Waals surface area contributed by atoms with Crippen molar-refractivity contribution in [1.82, 2.24) is 0 Å². The Morgan fingerprint density at radius 3 is 2.50 bits per heavy atom. The van der Waals surface area contributed by atoms with E-state index in [0.717, 1.165) is 5.56 Å². The van der Waals surface area contributed by atoms with Gasteiger partial charge in [0.2, 0.25) is 0 Å². The third kappa shape index (κ3) is 2.24. The summed E-state index contributed by atoms with van der Waals surface area (Å²) in [6.45, 7) is 2.21. The molecule has 0 radical (unpaired) electrons. The minimum Gasteiger partial charge on any atom is 1.00 e. The van der Waals surface area contributed by atoms with Gasteiger partial charge in [-0.05, 0) is 0 Å². The van der Waals surface area contributed by atoms with E-state index in [2.05, 4.69) is 13.0 Å². The smallest absolute Gasteiger partial charge is 1.00 e. The molecule has 0 heterocycles. The van der Waals surface area contributed by atoms with Crippen LogP contribution >= 0.6 is 0 Å². The van der Waals surface area contributed by atoms with Crippen LogP contribution in [0.4, 0.5) is 0 Å². The van der Waals surface area contributed by atoms with Crippen LogP contribution in [-0.2, 0) is 0 Å². The molecule has 1 aromatic carbocycles. The standard InChI is InChI=1S/C10H11NTe/c1-8(7-12)10-4-2-9(6-11)3-5-10/h2-5,8,12H,7H2,1H3/p+1. The molecule has 0 N–H and O–H groups in total. The van der Waals surface area contributed by atoms with Gasteiger partial charge in [-0.3, -0.25) is 0 Å². The fourth-order valence-electron chi connectivity index (χ4n) is 0.992. The number of nitrogens with zero attached hydrogens (tertiary/aromatic N) is 1. The van der Waals surface area contributed by atoms with Crippen LogP contribution in [0.2, 0.25) is 4.47 Å². The van der Waals surface area contributed by atoms with E-state index in [1.54, 1.807) is 0 Å². The van der Waals surface area contributed by atoms with Gasteiger partial charge in [-0.1, -0.05) is 0 Å². The Labute approximate surface area is 87.8 Å². The van der Waals surface area contributed by atoms with Crippen molar-refractivity contribution in [3.63, 3.8) is 0 Å². The maximum absolute atomic E-state index is 8.58. The summed E-state index contributed by atoms with van der Waals surface area (Å²) in [5, 5.41) is 8.58. The number of nitriles is 1.